The van der Waals surface area contributed by atoms with E-state index in [2.05, 4.69) is 6.58 Å². The standard InChI is InChI=1S/C5H8/c1-3-5-4-2/h1,4H,2-3,5H2. The Morgan fingerprint density at radius 1 is 1.80 bits per heavy atom. The van der Waals surface area contributed by atoms with E-state index in [4.69, 9.17) is 6.92 Å². The summed E-state index contributed by atoms with van der Waals surface area (Å²) in [4.78, 5) is 0. The van der Waals surface area contributed by atoms with Crippen LogP contribution in [0.5, 0.6) is 0 Å². The van der Waals surface area contributed by atoms with Crippen LogP contribution in [0, 0.1) is 6.92 Å². The molecule has 0 heterocycles. The van der Waals surface area contributed by atoms with Crippen molar-refractivity contribution in [1.29, 1.82) is 0 Å². The first-order chi connectivity index (χ1) is 2.41. The molecule has 0 atom stereocenters. The molecule has 0 amide bonds. The molecule has 0 nitrogen and oxygen atoms in total. The smallest absolute Gasteiger partial charge is 0.0349 e. The van der Waals surface area contributed by atoms with Gasteiger partial charge in [-0.05, 0) is 19.8 Å². The topological polar surface area (TPSA) is 0 Å². The average molecular weight is 68.1 g/mol. The van der Waals surface area contributed by atoms with Crippen LogP contribution < -0.4 is 0 Å². The predicted octanol–water partition coefficient (Wildman–Crippen LogP) is 1.66. The minimum absolute atomic E-state index is 0.726. The number of hydrogen-bond acceptors (Lipinski definition) is 0. The molecule has 0 fully saturated rings. The van der Waals surface area contributed by atoms with E-state index in [0.717, 1.165) is 12.8 Å². The summed E-state index contributed by atoms with van der Waals surface area (Å²) in [6.07, 6.45) is 3.46. The monoisotopic (exact) mass is 68.1 g/mol. The van der Waals surface area contributed by atoms with Crippen molar-refractivity contribution in [2.75, 3.05) is 0 Å². The zero-order valence-electron chi connectivity index (χ0n) is 3.28. The van der Waals surface area contributed by atoms with Crippen molar-refractivity contribution in [3.63, 3.8) is 0 Å². The molecule has 0 aromatic carbocycles. The molecule has 0 N–H and O–H groups in total. The van der Waals surface area contributed by atoms with Gasteiger partial charge in [0, 0.05) is 0 Å². The number of hydrogen-bond donors (Lipinski definition) is 0. The van der Waals surface area contributed by atoms with Gasteiger partial charge in [0.05, 0.1) is 0 Å². The van der Waals surface area contributed by atoms with Crippen LogP contribution in [0.1, 0.15) is 12.8 Å². The molecule has 0 aliphatic carbocycles. The molecule has 0 spiro atoms. The van der Waals surface area contributed by atoms with Gasteiger partial charge in [-0.15, -0.1) is 6.58 Å². The van der Waals surface area contributed by atoms with Gasteiger partial charge in [0.1, 0.15) is 0 Å². The molecule has 0 aliphatic heterocycles. The maximum absolute atomic E-state index is 5.07. The Hall–Kier alpha value is -0.260. The third-order valence-electron chi connectivity index (χ3n) is 0.371. The van der Waals surface area contributed by atoms with Gasteiger partial charge in [0.15, 0.2) is 0 Å². The van der Waals surface area contributed by atoms with Gasteiger partial charge in [-0.25, -0.2) is 0 Å². The molecule has 0 bridgehead atoms. The first kappa shape index (κ1) is 4.74. The summed E-state index contributed by atoms with van der Waals surface area (Å²) >= 11 is 0. The molecule has 0 unspecified atom stereocenters. The second kappa shape index (κ2) is 3.74. The molecule has 0 heteroatoms. The summed E-state index contributed by atoms with van der Waals surface area (Å²) < 4.78 is 0. The highest BCUT2D eigenvalue weighted by molar-refractivity contribution is 4.65. The van der Waals surface area contributed by atoms with Gasteiger partial charge in [-0.2, -0.15) is 0 Å². The Labute approximate surface area is 33.5 Å². The zero-order valence-corrected chi connectivity index (χ0v) is 3.28. The molecule has 2 radical (unpaired) electrons. The van der Waals surface area contributed by atoms with Crippen LogP contribution in [-0.2, 0) is 0 Å². The minimum atomic E-state index is 0.726. The van der Waals surface area contributed by atoms with E-state index in [0.29, 0.717) is 0 Å². The van der Waals surface area contributed by atoms with Gasteiger partial charge in [0.25, 0.3) is 0 Å². The summed E-state index contributed by atoms with van der Waals surface area (Å²) in [6.45, 7) is 8.54. The van der Waals surface area contributed by atoms with Gasteiger partial charge in [-0.3, -0.25) is 0 Å². The SMILES string of the molecule is [CH]CCC=C. The van der Waals surface area contributed by atoms with Crippen LogP contribution in [0.15, 0.2) is 12.7 Å². The van der Waals surface area contributed by atoms with E-state index in [9.17, 15) is 0 Å². The Kier molecular flexibility index (Phi) is 3.55. The second-order valence-electron chi connectivity index (χ2n) is 0.866. The molecule has 0 aromatic rings. The molecule has 5 heavy (non-hydrogen) atoms. The molecule has 0 saturated carbocycles. The highest BCUT2D eigenvalue weighted by Crippen LogP contribution is 1.81. The maximum Gasteiger partial charge on any atom is -0.0349 e. The van der Waals surface area contributed by atoms with E-state index in [1.165, 1.54) is 0 Å². The Morgan fingerprint density at radius 3 is 2.40 bits per heavy atom. The highest BCUT2D eigenvalue weighted by Gasteiger charge is 1.62. The number of rotatable bonds is 2. The number of unbranched alkanes of at least 4 members (excludes halogenated alkanes) is 1. The highest BCUT2D eigenvalue weighted by atomic mass is 13.7. The lowest BCUT2D eigenvalue weighted by Crippen LogP contribution is -1.53. The van der Waals surface area contributed by atoms with Crippen LogP contribution in [0.3, 0.4) is 0 Å². The van der Waals surface area contributed by atoms with Gasteiger partial charge >= 0.3 is 0 Å². The first-order valence-corrected chi connectivity index (χ1v) is 1.72. The van der Waals surface area contributed by atoms with Crippen molar-refractivity contribution in [2.24, 2.45) is 0 Å². The zero-order chi connectivity index (χ0) is 4.12. The van der Waals surface area contributed by atoms with Crippen molar-refractivity contribution in [3.8, 4) is 0 Å². The lowest BCUT2D eigenvalue weighted by atomic mass is 10.3. The minimum Gasteiger partial charge on any atom is -0.103 e. The van der Waals surface area contributed by atoms with Crippen molar-refractivity contribution in [3.05, 3.63) is 19.6 Å². The third-order valence-corrected chi connectivity index (χ3v) is 0.371. The summed E-state index contributed by atoms with van der Waals surface area (Å²) in [5.41, 5.74) is 0. The molecule has 0 saturated heterocycles. The third kappa shape index (κ3) is 3.74. The fourth-order valence-corrected chi connectivity index (χ4v) is 0.118. The average Bonchev–Trinajstić information content (AvgIpc) is 1.41. The fourth-order valence-electron chi connectivity index (χ4n) is 0.118. The molecule has 0 rings (SSSR count). The van der Waals surface area contributed by atoms with E-state index >= 15 is 0 Å². The lowest BCUT2D eigenvalue weighted by Gasteiger charge is -1.72. The van der Waals surface area contributed by atoms with Crippen LogP contribution in [-0.4, -0.2) is 0 Å². The Bertz CT molecular complexity index is 21.2. The van der Waals surface area contributed by atoms with Crippen molar-refractivity contribution in [1.82, 2.24) is 0 Å². The summed E-state index contributed by atoms with van der Waals surface area (Å²) in [6, 6.07) is 0. The molecule has 0 aromatic heterocycles. The van der Waals surface area contributed by atoms with Crippen molar-refractivity contribution < 1.29 is 0 Å². The van der Waals surface area contributed by atoms with E-state index in [1.807, 2.05) is 0 Å². The second-order valence-corrected chi connectivity index (χ2v) is 0.866. The van der Waals surface area contributed by atoms with Crippen molar-refractivity contribution >= 4 is 0 Å². The van der Waals surface area contributed by atoms with Gasteiger partial charge in [-0.1, -0.05) is 6.08 Å². The Balaban J connectivity index is 2.40. The number of allylic oxidation sites excluding steroid dienone is 1. The van der Waals surface area contributed by atoms with Crippen LogP contribution in [0.4, 0.5) is 0 Å². The van der Waals surface area contributed by atoms with Crippen LogP contribution >= 0.6 is 0 Å². The molecule has 0 aliphatic rings. The normalized spacial score (nSPS) is 7.40. The fraction of sp³-hybridized carbons (Fsp3) is 0.400. The largest absolute Gasteiger partial charge is 0.103 e. The van der Waals surface area contributed by atoms with Gasteiger partial charge < -0.3 is 0 Å². The predicted molar refractivity (Wildman–Crippen MR) is 23.7 cm³/mol. The molecular formula is C5H8. The molecule has 28 valence electrons. The first-order valence-electron chi connectivity index (χ1n) is 1.72. The molecular weight excluding hydrogens is 60.1 g/mol. The van der Waals surface area contributed by atoms with E-state index < -0.39 is 0 Å². The van der Waals surface area contributed by atoms with Crippen LogP contribution in [0.2, 0.25) is 0 Å². The summed E-state index contributed by atoms with van der Waals surface area (Å²) in [7, 11) is 0. The Morgan fingerprint density at radius 2 is 2.40 bits per heavy atom. The quantitative estimate of drug-likeness (QED) is 0.432. The van der Waals surface area contributed by atoms with E-state index in [-0.39, 0.29) is 0 Å². The maximum atomic E-state index is 5.07. The van der Waals surface area contributed by atoms with Gasteiger partial charge in [0.2, 0.25) is 0 Å². The van der Waals surface area contributed by atoms with Crippen molar-refractivity contribution in [2.45, 2.75) is 12.8 Å². The summed E-state index contributed by atoms with van der Waals surface area (Å²) in [5.74, 6) is 0. The van der Waals surface area contributed by atoms with Crippen LogP contribution in [0.25, 0.3) is 0 Å². The summed E-state index contributed by atoms with van der Waals surface area (Å²) in [5, 5.41) is 0. The van der Waals surface area contributed by atoms with E-state index in [1.54, 1.807) is 6.08 Å². The lowest BCUT2D eigenvalue weighted by molar-refractivity contribution is 1.05.